The van der Waals surface area contributed by atoms with Crippen LogP contribution in [0.2, 0.25) is 0 Å². The molecule has 3 N–H and O–H groups in total. The fraction of sp³-hybridized carbons (Fsp3) is 0.455. The number of hydrogen-bond donors (Lipinski definition) is 2. The zero-order chi connectivity index (χ0) is 13.6. The lowest BCUT2D eigenvalue weighted by molar-refractivity contribution is 0.200. The number of thioether (sulfide) groups is 1. The molecule has 0 atom stereocenters. The topological polar surface area (TPSA) is 81.4 Å². The number of ether oxygens (including phenoxy) is 1. The van der Waals surface area contributed by atoms with E-state index in [1.807, 2.05) is 0 Å². The zero-order valence-electron chi connectivity index (χ0n) is 10.5. The molecule has 0 saturated carbocycles. The molecule has 1 aromatic carbocycles. The molecular weight excluding hydrogens is 272 g/mol. The standard InChI is InChI=1S/C11H18N2O3S2/c1-13-18(14,15)11-5-4-9(8-10(11)12)17-7-3-6-16-2/h4-5,8,13H,3,6-7,12H2,1-2H3. The highest BCUT2D eigenvalue weighted by molar-refractivity contribution is 7.99. The number of benzene rings is 1. The summed E-state index contributed by atoms with van der Waals surface area (Å²) in [6, 6.07) is 4.97. The Balaban J connectivity index is 2.74. The Hall–Kier alpha value is -0.760. The Labute approximate surface area is 112 Å². The van der Waals surface area contributed by atoms with Crippen LogP contribution in [0.15, 0.2) is 28.0 Å². The maximum Gasteiger partial charge on any atom is 0.242 e. The minimum Gasteiger partial charge on any atom is -0.398 e. The van der Waals surface area contributed by atoms with E-state index in [9.17, 15) is 8.42 Å². The van der Waals surface area contributed by atoms with Gasteiger partial charge in [-0.1, -0.05) is 0 Å². The largest absolute Gasteiger partial charge is 0.398 e. The van der Waals surface area contributed by atoms with Crippen LogP contribution in [-0.4, -0.2) is 34.9 Å². The first kappa shape index (κ1) is 15.3. The molecule has 0 radical (unpaired) electrons. The van der Waals surface area contributed by atoms with Crippen LogP contribution in [0.3, 0.4) is 0 Å². The molecule has 1 aromatic rings. The molecule has 102 valence electrons. The van der Waals surface area contributed by atoms with E-state index in [1.165, 1.54) is 13.1 Å². The smallest absolute Gasteiger partial charge is 0.242 e. The van der Waals surface area contributed by atoms with Crippen LogP contribution in [0.5, 0.6) is 0 Å². The Kier molecular flexibility index (Phi) is 5.94. The van der Waals surface area contributed by atoms with Gasteiger partial charge in [0.1, 0.15) is 4.90 Å². The van der Waals surface area contributed by atoms with Gasteiger partial charge in [0.25, 0.3) is 0 Å². The Morgan fingerprint density at radius 2 is 2.17 bits per heavy atom. The molecule has 0 unspecified atom stereocenters. The van der Waals surface area contributed by atoms with Gasteiger partial charge >= 0.3 is 0 Å². The molecule has 5 nitrogen and oxygen atoms in total. The monoisotopic (exact) mass is 290 g/mol. The van der Waals surface area contributed by atoms with E-state index in [0.29, 0.717) is 6.61 Å². The minimum atomic E-state index is -3.48. The number of rotatable bonds is 7. The first-order valence-electron chi connectivity index (χ1n) is 5.46. The Morgan fingerprint density at radius 3 is 2.72 bits per heavy atom. The van der Waals surface area contributed by atoms with E-state index >= 15 is 0 Å². The van der Waals surface area contributed by atoms with Crippen molar-refractivity contribution in [2.75, 3.05) is 32.3 Å². The summed E-state index contributed by atoms with van der Waals surface area (Å²) in [6.45, 7) is 0.717. The number of hydrogen-bond acceptors (Lipinski definition) is 5. The number of sulfonamides is 1. The van der Waals surface area contributed by atoms with E-state index in [-0.39, 0.29) is 10.6 Å². The van der Waals surface area contributed by atoms with Crippen LogP contribution >= 0.6 is 11.8 Å². The summed E-state index contributed by atoms with van der Waals surface area (Å²) in [5.74, 6) is 0.908. The second kappa shape index (κ2) is 6.98. The van der Waals surface area contributed by atoms with Crippen LogP contribution in [-0.2, 0) is 14.8 Å². The third-order valence-corrected chi connectivity index (χ3v) is 4.87. The molecule has 0 spiro atoms. The first-order chi connectivity index (χ1) is 8.51. The quantitative estimate of drug-likeness (QED) is 0.449. The lowest BCUT2D eigenvalue weighted by atomic mass is 10.3. The molecule has 0 heterocycles. The summed E-state index contributed by atoms with van der Waals surface area (Å²) in [7, 11) is -0.449. The maximum absolute atomic E-state index is 11.6. The highest BCUT2D eigenvalue weighted by atomic mass is 32.2. The molecule has 0 aliphatic carbocycles. The maximum atomic E-state index is 11.6. The number of nitrogens with two attached hydrogens (primary N) is 1. The third kappa shape index (κ3) is 4.16. The molecule has 0 amide bonds. The summed E-state index contributed by atoms with van der Waals surface area (Å²) >= 11 is 1.63. The van der Waals surface area contributed by atoms with E-state index < -0.39 is 10.0 Å². The van der Waals surface area contributed by atoms with Crippen molar-refractivity contribution in [2.45, 2.75) is 16.2 Å². The average Bonchev–Trinajstić information content (AvgIpc) is 2.34. The highest BCUT2D eigenvalue weighted by Gasteiger charge is 2.15. The predicted molar refractivity (Wildman–Crippen MR) is 74.3 cm³/mol. The van der Waals surface area contributed by atoms with Crippen LogP contribution < -0.4 is 10.5 Å². The van der Waals surface area contributed by atoms with Crippen molar-refractivity contribution in [3.05, 3.63) is 18.2 Å². The summed E-state index contributed by atoms with van der Waals surface area (Å²) in [6.07, 6.45) is 0.942. The van der Waals surface area contributed by atoms with E-state index in [0.717, 1.165) is 17.1 Å². The minimum absolute atomic E-state index is 0.117. The van der Waals surface area contributed by atoms with Crippen molar-refractivity contribution in [1.82, 2.24) is 4.72 Å². The highest BCUT2D eigenvalue weighted by Crippen LogP contribution is 2.26. The molecule has 18 heavy (non-hydrogen) atoms. The van der Waals surface area contributed by atoms with Crippen molar-refractivity contribution >= 4 is 27.5 Å². The zero-order valence-corrected chi connectivity index (χ0v) is 12.1. The SMILES string of the molecule is CNS(=O)(=O)c1ccc(SCCCOC)cc1N. The number of nitrogens with one attached hydrogen (secondary N) is 1. The second-order valence-electron chi connectivity index (χ2n) is 3.60. The Bertz CT molecular complexity index is 489. The van der Waals surface area contributed by atoms with Crippen LogP contribution in [0, 0.1) is 0 Å². The number of anilines is 1. The molecule has 0 bridgehead atoms. The van der Waals surface area contributed by atoms with Crippen molar-refractivity contribution < 1.29 is 13.2 Å². The summed E-state index contributed by atoms with van der Waals surface area (Å²) in [5.41, 5.74) is 6.02. The predicted octanol–water partition coefficient (Wildman–Crippen LogP) is 1.31. The molecule has 0 fully saturated rings. The van der Waals surface area contributed by atoms with Gasteiger partial charge in [0.05, 0.1) is 5.69 Å². The molecule has 0 aromatic heterocycles. The summed E-state index contributed by atoms with van der Waals surface area (Å²) in [4.78, 5) is 1.07. The summed E-state index contributed by atoms with van der Waals surface area (Å²) < 4.78 is 30.4. The van der Waals surface area contributed by atoms with Gasteiger partial charge in [0.2, 0.25) is 10.0 Å². The Morgan fingerprint density at radius 1 is 1.44 bits per heavy atom. The van der Waals surface area contributed by atoms with Gasteiger partial charge in [-0.3, -0.25) is 0 Å². The first-order valence-corrected chi connectivity index (χ1v) is 7.93. The van der Waals surface area contributed by atoms with Gasteiger partial charge in [-0.2, -0.15) is 0 Å². The van der Waals surface area contributed by atoms with E-state index in [4.69, 9.17) is 10.5 Å². The van der Waals surface area contributed by atoms with E-state index in [1.54, 1.807) is 31.0 Å². The van der Waals surface area contributed by atoms with E-state index in [2.05, 4.69) is 4.72 Å². The normalized spacial score (nSPS) is 11.7. The average molecular weight is 290 g/mol. The molecule has 0 saturated heterocycles. The van der Waals surface area contributed by atoms with Gasteiger partial charge in [-0.05, 0) is 31.7 Å². The third-order valence-electron chi connectivity index (χ3n) is 2.30. The fourth-order valence-corrected chi connectivity index (χ4v) is 3.07. The van der Waals surface area contributed by atoms with Crippen molar-refractivity contribution in [2.24, 2.45) is 0 Å². The molecule has 7 heteroatoms. The molecular formula is C11H18N2O3S2. The van der Waals surface area contributed by atoms with Gasteiger partial charge in [-0.25, -0.2) is 13.1 Å². The lowest BCUT2D eigenvalue weighted by Crippen LogP contribution is -2.19. The lowest BCUT2D eigenvalue weighted by Gasteiger charge is -2.08. The molecule has 1 rings (SSSR count). The van der Waals surface area contributed by atoms with Gasteiger partial charge in [-0.15, -0.1) is 11.8 Å². The number of methoxy groups -OCH3 is 1. The van der Waals surface area contributed by atoms with Crippen LogP contribution in [0.4, 0.5) is 5.69 Å². The van der Waals surface area contributed by atoms with Gasteiger partial charge in [0.15, 0.2) is 0 Å². The molecule has 0 aliphatic heterocycles. The van der Waals surface area contributed by atoms with Crippen molar-refractivity contribution in [1.29, 1.82) is 0 Å². The van der Waals surface area contributed by atoms with Gasteiger partial charge in [0, 0.05) is 24.4 Å². The van der Waals surface area contributed by atoms with Crippen LogP contribution in [0.25, 0.3) is 0 Å². The van der Waals surface area contributed by atoms with Gasteiger partial charge < -0.3 is 10.5 Å². The molecule has 0 aliphatic rings. The van der Waals surface area contributed by atoms with Crippen LogP contribution in [0.1, 0.15) is 6.42 Å². The van der Waals surface area contributed by atoms with Crippen molar-refractivity contribution in [3.8, 4) is 0 Å². The summed E-state index contributed by atoms with van der Waals surface area (Å²) in [5, 5.41) is 0. The fourth-order valence-electron chi connectivity index (χ4n) is 1.36. The second-order valence-corrected chi connectivity index (χ2v) is 6.63. The number of nitrogen functional groups attached to an aromatic ring is 1. The van der Waals surface area contributed by atoms with Crippen molar-refractivity contribution in [3.63, 3.8) is 0 Å².